The lowest BCUT2D eigenvalue weighted by molar-refractivity contribution is 0.112. The summed E-state index contributed by atoms with van der Waals surface area (Å²) in [4.78, 5) is 15.6. The third-order valence-corrected chi connectivity index (χ3v) is 2.67. The van der Waals surface area contributed by atoms with E-state index in [1.807, 2.05) is 6.92 Å². The molecule has 0 spiro atoms. The number of thiazole rings is 1. The highest BCUT2D eigenvalue weighted by Crippen LogP contribution is 2.18. The first-order valence-corrected chi connectivity index (χ1v) is 4.86. The van der Waals surface area contributed by atoms with Crippen LogP contribution < -0.4 is 0 Å². The Kier molecular flexibility index (Phi) is 2.98. The molecule has 0 amide bonds. The molecule has 0 aromatic carbocycles. The zero-order valence-electron chi connectivity index (χ0n) is 7.63. The summed E-state index contributed by atoms with van der Waals surface area (Å²) in [6.45, 7) is 6.18. The van der Waals surface area contributed by atoms with Gasteiger partial charge in [0, 0.05) is 6.42 Å². The van der Waals surface area contributed by atoms with Crippen LogP contribution in [0, 0.1) is 12.8 Å². The molecule has 0 aliphatic heterocycles. The highest BCUT2D eigenvalue weighted by Gasteiger charge is 2.07. The molecular weight excluding hydrogens is 170 g/mol. The van der Waals surface area contributed by atoms with E-state index >= 15 is 0 Å². The molecular formula is C9H13NOS. The van der Waals surface area contributed by atoms with Crippen LogP contribution in [0.3, 0.4) is 0 Å². The lowest BCUT2D eigenvalue weighted by atomic mass is 10.1. The molecule has 1 aromatic rings. The molecule has 0 aliphatic rings. The van der Waals surface area contributed by atoms with E-state index in [0.29, 0.717) is 5.92 Å². The van der Waals surface area contributed by atoms with Crippen LogP contribution in [0.2, 0.25) is 0 Å². The fourth-order valence-corrected chi connectivity index (χ4v) is 2.11. The Morgan fingerprint density at radius 1 is 1.58 bits per heavy atom. The van der Waals surface area contributed by atoms with E-state index in [4.69, 9.17) is 0 Å². The second-order valence-corrected chi connectivity index (χ2v) is 4.39. The van der Waals surface area contributed by atoms with Crippen molar-refractivity contribution in [3.8, 4) is 0 Å². The van der Waals surface area contributed by atoms with Gasteiger partial charge in [0.05, 0.1) is 15.6 Å². The predicted octanol–water partition coefficient (Wildman–Crippen LogP) is 2.46. The second-order valence-electron chi connectivity index (χ2n) is 3.27. The Bertz CT molecular complexity index is 278. The van der Waals surface area contributed by atoms with Crippen LogP contribution in [0.25, 0.3) is 0 Å². The summed E-state index contributed by atoms with van der Waals surface area (Å²) < 4.78 is 0. The van der Waals surface area contributed by atoms with Gasteiger partial charge in [0.15, 0.2) is 6.29 Å². The van der Waals surface area contributed by atoms with Gasteiger partial charge in [0.1, 0.15) is 0 Å². The van der Waals surface area contributed by atoms with E-state index in [1.54, 1.807) is 0 Å². The van der Waals surface area contributed by atoms with Gasteiger partial charge in [-0.3, -0.25) is 4.79 Å². The van der Waals surface area contributed by atoms with E-state index in [1.165, 1.54) is 11.3 Å². The van der Waals surface area contributed by atoms with Gasteiger partial charge in [0.25, 0.3) is 0 Å². The number of rotatable bonds is 3. The zero-order valence-corrected chi connectivity index (χ0v) is 8.44. The van der Waals surface area contributed by atoms with Crippen LogP contribution in [0.1, 0.15) is 34.2 Å². The normalized spacial score (nSPS) is 10.7. The summed E-state index contributed by atoms with van der Waals surface area (Å²) in [5, 5.41) is 1.07. The molecule has 0 atom stereocenters. The van der Waals surface area contributed by atoms with Crippen LogP contribution in [0.4, 0.5) is 0 Å². The van der Waals surface area contributed by atoms with Crippen LogP contribution in [-0.2, 0) is 6.42 Å². The molecule has 66 valence electrons. The average molecular weight is 183 g/mol. The van der Waals surface area contributed by atoms with Gasteiger partial charge >= 0.3 is 0 Å². The van der Waals surface area contributed by atoms with Crippen LogP contribution in [-0.4, -0.2) is 11.3 Å². The quantitative estimate of drug-likeness (QED) is 0.674. The zero-order chi connectivity index (χ0) is 9.14. The largest absolute Gasteiger partial charge is 0.297 e. The van der Waals surface area contributed by atoms with E-state index in [9.17, 15) is 4.79 Å². The van der Waals surface area contributed by atoms with Crippen molar-refractivity contribution in [1.82, 2.24) is 4.98 Å². The first kappa shape index (κ1) is 9.39. The van der Waals surface area contributed by atoms with Crippen molar-refractivity contribution >= 4 is 17.6 Å². The standard InChI is InChI=1S/C9H13NOS/c1-6(2)4-9-10-7(3)8(5-11)12-9/h5-6H,4H2,1-3H3. The number of carbonyl (C=O) groups is 1. The van der Waals surface area contributed by atoms with Crippen LogP contribution in [0.15, 0.2) is 0 Å². The molecule has 2 nitrogen and oxygen atoms in total. The van der Waals surface area contributed by atoms with Crippen molar-refractivity contribution < 1.29 is 4.79 Å². The first-order chi connectivity index (χ1) is 5.63. The molecule has 0 bridgehead atoms. The van der Waals surface area contributed by atoms with Gasteiger partial charge in [-0.15, -0.1) is 11.3 Å². The maximum absolute atomic E-state index is 10.5. The minimum atomic E-state index is 0.607. The predicted molar refractivity (Wildman–Crippen MR) is 50.8 cm³/mol. The molecule has 0 aliphatic carbocycles. The van der Waals surface area contributed by atoms with E-state index in [0.717, 1.165) is 28.3 Å². The third kappa shape index (κ3) is 2.14. The molecule has 0 saturated carbocycles. The maximum Gasteiger partial charge on any atom is 0.161 e. The molecule has 12 heavy (non-hydrogen) atoms. The molecule has 0 N–H and O–H groups in total. The second kappa shape index (κ2) is 3.81. The molecule has 0 saturated heterocycles. The summed E-state index contributed by atoms with van der Waals surface area (Å²) in [6.07, 6.45) is 1.86. The molecule has 1 aromatic heterocycles. The number of carbonyl (C=O) groups excluding carboxylic acids is 1. The molecule has 0 radical (unpaired) electrons. The average Bonchev–Trinajstić information content (AvgIpc) is 2.29. The number of aldehydes is 1. The maximum atomic E-state index is 10.5. The van der Waals surface area contributed by atoms with Gasteiger partial charge in [-0.1, -0.05) is 13.8 Å². The van der Waals surface area contributed by atoms with Crippen molar-refractivity contribution in [1.29, 1.82) is 0 Å². The molecule has 1 heterocycles. The molecule has 3 heteroatoms. The van der Waals surface area contributed by atoms with E-state index in [-0.39, 0.29) is 0 Å². The van der Waals surface area contributed by atoms with E-state index in [2.05, 4.69) is 18.8 Å². The highest BCUT2D eigenvalue weighted by molar-refractivity contribution is 7.13. The summed E-state index contributed by atoms with van der Waals surface area (Å²) in [7, 11) is 0. The topological polar surface area (TPSA) is 30.0 Å². The summed E-state index contributed by atoms with van der Waals surface area (Å²) in [5.74, 6) is 0.607. The summed E-state index contributed by atoms with van der Waals surface area (Å²) in [5.41, 5.74) is 0.866. The number of aromatic nitrogens is 1. The fraction of sp³-hybridized carbons (Fsp3) is 0.556. The first-order valence-electron chi connectivity index (χ1n) is 4.05. The lowest BCUT2D eigenvalue weighted by Gasteiger charge is -1.97. The minimum Gasteiger partial charge on any atom is -0.297 e. The Balaban J connectivity index is 2.82. The smallest absolute Gasteiger partial charge is 0.161 e. The van der Waals surface area contributed by atoms with Gasteiger partial charge < -0.3 is 0 Å². The van der Waals surface area contributed by atoms with Gasteiger partial charge in [-0.2, -0.15) is 0 Å². The number of hydrogen-bond donors (Lipinski definition) is 0. The Hall–Kier alpha value is -0.700. The van der Waals surface area contributed by atoms with Gasteiger partial charge in [0.2, 0.25) is 0 Å². The van der Waals surface area contributed by atoms with Crippen molar-refractivity contribution in [3.05, 3.63) is 15.6 Å². The van der Waals surface area contributed by atoms with Crippen molar-refractivity contribution in [3.63, 3.8) is 0 Å². The van der Waals surface area contributed by atoms with Crippen LogP contribution >= 0.6 is 11.3 Å². The van der Waals surface area contributed by atoms with Crippen molar-refractivity contribution in [2.75, 3.05) is 0 Å². The Labute approximate surface area is 76.6 Å². The van der Waals surface area contributed by atoms with Gasteiger partial charge in [-0.25, -0.2) is 4.98 Å². The summed E-state index contributed by atoms with van der Waals surface area (Å²) in [6, 6.07) is 0. The monoisotopic (exact) mass is 183 g/mol. The number of nitrogens with zero attached hydrogens (tertiary/aromatic N) is 1. The lowest BCUT2D eigenvalue weighted by Crippen LogP contribution is -1.92. The number of aryl methyl sites for hydroxylation is 1. The Morgan fingerprint density at radius 3 is 2.67 bits per heavy atom. The van der Waals surface area contributed by atoms with Crippen LogP contribution in [0.5, 0.6) is 0 Å². The van der Waals surface area contributed by atoms with Crippen molar-refractivity contribution in [2.24, 2.45) is 5.92 Å². The SMILES string of the molecule is Cc1nc(CC(C)C)sc1C=O. The highest BCUT2D eigenvalue weighted by atomic mass is 32.1. The Morgan fingerprint density at radius 2 is 2.25 bits per heavy atom. The fourth-order valence-electron chi connectivity index (χ4n) is 1.01. The summed E-state index contributed by atoms with van der Waals surface area (Å²) >= 11 is 1.51. The molecule has 0 fully saturated rings. The van der Waals surface area contributed by atoms with Crippen molar-refractivity contribution in [2.45, 2.75) is 27.2 Å². The molecule has 1 rings (SSSR count). The number of hydrogen-bond acceptors (Lipinski definition) is 3. The van der Waals surface area contributed by atoms with E-state index < -0.39 is 0 Å². The van der Waals surface area contributed by atoms with Gasteiger partial charge in [-0.05, 0) is 12.8 Å². The minimum absolute atomic E-state index is 0.607. The molecule has 0 unspecified atom stereocenters. The third-order valence-electron chi connectivity index (χ3n) is 1.57.